The van der Waals surface area contributed by atoms with Crippen LogP contribution in [0.2, 0.25) is 0 Å². The molecule has 152 valence electrons. The zero-order chi connectivity index (χ0) is 21.2. The highest BCUT2D eigenvalue weighted by Gasteiger charge is 2.30. The number of halogens is 3. The van der Waals surface area contributed by atoms with E-state index in [0.29, 0.717) is 23.3 Å². The first kappa shape index (κ1) is 20.5. The lowest BCUT2D eigenvalue weighted by molar-refractivity contribution is -0.137. The molecule has 29 heavy (non-hydrogen) atoms. The molecule has 0 aliphatic heterocycles. The molecular formula is C20H19F3N4O2. The highest BCUT2D eigenvalue weighted by atomic mass is 19.4. The van der Waals surface area contributed by atoms with Crippen LogP contribution in [-0.2, 0) is 6.18 Å². The molecule has 0 aliphatic carbocycles. The number of rotatable bonds is 6. The standard InChI is InChI=1S/C20H19F3N4O2/c1-27(2)10-16(12-6-8-13(9-7-12)20(21,22)23)26-18-14-4-3-5-15(19(28)29)17(14)24-11-25-18/h3-9,11,16H,10H2,1-2H3,(H,28,29)(H,24,25,26). The minimum atomic E-state index is -4.40. The summed E-state index contributed by atoms with van der Waals surface area (Å²) in [4.78, 5) is 21.6. The van der Waals surface area contributed by atoms with Gasteiger partial charge in [-0.25, -0.2) is 14.8 Å². The maximum absolute atomic E-state index is 12.9. The first-order valence-corrected chi connectivity index (χ1v) is 8.72. The number of hydrogen-bond acceptors (Lipinski definition) is 5. The lowest BCUT2D eigenvalue weighted by Crippen LogP contribution is -2.26. The van der Waals surface area contributed by atoms with Crippen LogP contribution in [0.1, 0.15) is 27.5 Å². The van der Waals surface area contributed by atoms with Crippen LogP contribution >= 0.6 is 0 Å². The number of anilines is 1. The fourth-order valence-corrected chi connectivity index (χ4v) is 3.04. The summed E-state index contributed by atoms with van der Waals surface area (Å²) in [5, 5.41) is 13.1. The maximum atomic E-state index is 12.9. The molecule has 2 N–H and O–H groups in total. The van der Waals surface area contributed by atoms with Crippen LogP contribution in [-0.4, -0.2) is 46.6 Å². The number of carboxylic acids is 1. The van der Waals surface area contributed by atoms with Crippen LogP contribution in [0.3, 0.4) is 0 Å². The number of carbonyl (C=O) groups is 1. The zero-order valence-corrected chi connectivity index (χ0v) is 15.7. The van der Waals surface area contributed by atoms with Gasteiger partial charge in [-0.15, -0.1) is 0 Å². The first-order chi connectivity index (χ1) is 13.7. The Morgan fingerprint density at radius 3 is 2.41 bits per heavy atom. The molecular weight excluding hydrogens is 385 g/mol. The minimum absolute atomic E-state index is 0.0478. The van der Waals surface area contributed by atoms with Gasteiger partial charge in [-0.2, -0.15) is 13.2 Å². The molecule has 9 heteroatoms. The Morgan fingerprint density at radius 1 is 1.14 bits per heavy atom. The SMILES string of the molecule is CN(C)CC(Nc1ncnc2c(C(=O)O)cccc12)c1ccc(C(F)(F)F)cc1. The van der Waals surface area contributed by atoms with Crippen LogP contribution in [0.25, 0.3) is 10.9 Å². The van der Waals surface area contributed by atoms with Gasteiger partial charge in [0.2, 0.25) is 0 Å². The Balaban J connectivity index is 2.00. The largest absolute Gasteiger partial charge is 0.478 e. The molecule has 0 amide bonds. The second-order valence-corrected chi connectivity index (χ2v) is 6.81. The van der Waals surface area contributed by atoms with Gasteiger partial charge in [-0.05, 0) is 43.9 Å². The van der Waals surface area contributed by atoms with Crippen molar-refractivity contribution in [3.8, 4) is 0 Å². The third-order valence-corrected chi connectivity index (χ3v) is 4.39. The number of carboxylic acid groups (broad SMARTS) is 1. The summed E-state index contributed by atoms with van der Waals surface area (Å²) >= 11 is 0. The Kier molecular flexibility index (Phi) is 5.69. The van der Waals surface area contributed by atoms with E-state index in [-0.39, 0.29) is 17.1 Å². The predicted molar refractivity (Wildman–Crippen MR) is 103 cm³/mol. The van der Waals surface area contributed by atoms with E-state index in [0.717, 1.165) is 12.1 Å². The first-order valence-electron chi connectivity index (χ1n) is 8.72. The van der Waals surface area contributed by atoms with Crippen molar-refractivity contribution in [3.63, 3.8) is 0 Å². The second-order valence-electron chi connectivity index (χ2n) is 6.81. The van der Waals surface area contributed by atoms with Crippen molar-refractivity contribution in [3.05, 3.63) is 65.5 Å². The number of nitrogens with one attached hydrogen (secondary N) is 1. The molecule has 0 aliphatic rings. The normalized spacial score (nSPS) is 12.9. The van der Waals surface area contributed by atoms with Crippen LogP contribution < -0.4 is 5.32 Å². The highest BCUT2D eigenvalue weighted by molar-refractivity contribution is 6.04. The van der Waals surface area contributed by atoms with Crippen molar-refractivity contribution in [2.45, 2.75) is 12.2 Å². The van der Waals surface area contributed by atoms with Gasteiger partial charge >= 0.3 is 12.1 Å². The average Bonchev–Trinajstić information content (AvgIpc) is 2.66. The van der Waals surface area contributed by atoms with Crippen LogP contribution in [0.15, 0.2) is 48.8 Å². The van der Waals surface area contributed by atoms with Crippen molar-refractivity contribution in [2.75, 3.05) is 26.0 Å². The van der Waals surface area contributed by atoms with Crippen molar-refractivity contribution < 1.29 is 23.1 Å². The quantitative estimate of drug-likeness (QED) is 0.645. The predicted octanol–water partition coefficient (Wildman–Crippen LogP) is 4.06. The Hall–Kier alpha value is -3.20. The van der Waals surface area contributed by atoms with Gasteiger partial charge in [-0.1, -0.05) is 18.2 Å². The number of fused-ring (bicyclic) bond motifs is 1. The van der Waals surface area contributed by atoms with Gasteiger partial charge < -0.3 is 15.3 Å². The number of aromatic nitrogens is 2. The number of nitrogens with zero attached hydrogens (tertiary/aromatic N) is 3. The summed E-state index contributed by atoms with van der Waals surface area (Å²) in [5.74, 6) is -0.697. The van der Waals surface area contributed by atoms with Gasteiger partial charge in [-0.3, -0.25) is 0 Å². The topological polar surface area (TPSA) is 78.3 Å². The summed E-state index contributed by atoms with van der Waals surface area (Å²) < 4.78 is 38.6. The number of benzene rings is 2. The fraction of sp³-hybridized carbons (Fsp3) is 0.250. The number of aromatic carboxylic acids is 1. The summed E-state index contributed by atoms with van der Waals surface area (Å²) in [6.07, 6.45) is -3.14. The van der Waals surface area contributed by atoms with Crippen LogP contribution in [0.4, 0.5) is 19.0 Å². The minimum Gasteiger partial charge on any atom is -0.478 e. The van der Waals surface area contributed by atoms with Crippen molar-refractivity contribution in [2.24, 2.45) is 0 Å². The molecule has 3 aromatic rings. The van der Waals surface area contributed by atoms with Crippen LogP contribution in [0.5, 0.6) is 0 Å². The molecule has 0 bridgehead atoms. The second kappa shape index (κ2) is 8.04. The van der Waals surface area contributed by atoms with E-state index in [2.05, 4.69) is 15.3 Å². The maximum Gasteiger partial charge on any atom is 0.416 e. The number of para-hydroxylation sites is 1. The molecule has 6 nitrogen and oxygen atoms in total. The van der Waals surface area contributed by atoms with E-state index in [4.69, 9.17) is 0 Å². The average molecular weight is 404 g/mol. The number of hydrogen-bond donors (Lipinski definition) is 2. The van der Waals surface area contributed by atoms with E-state index in [1.165, 1.54) is 24.5 Å². The lowest BCUT2D eigenvalue weighted by Gasteiger charge is -2.24. The Bertz CT molecular complexity index is 1020. The summed E-state index contributed by atoms with van der Waals surface area (Å²) in [6, 6.07) is 9.31. The van der Waals surface area contributed by atoms with E-state index in [9.17, 15) is 23.1 Å². The van der Waals surface area contributed by atoms with Crippen molar-refractivity contribution >= 4 is 22.7 Å². The smallest absolute Gasteiger partial charge is 0.416 e. The highest BCUT2D eigenvalue weighted by Crippen LogP contribution is 2.31. The monoisotopic (exact) mass is 404 g/mol. The van der Waals surface area contributed by atoms with Gasteiger partial charge in [0, 0.05) is 11.9 Å². The van der Waals surface area contributed by atoms with E-state index in [1.807, 2.05) is 19.0 Å². The lowest BCUT2D eigenvalue weighted by atomic mass is 10.0. The number of likely N-dealkylation sites (N-methyl/N-ethyl adjacent to an activating group) is 1. The van der Waals surface area contributed by atoms with Crippen LogP contribution in [0, 0.1) is 0 Å². The molecule has 2 aromatic carbocycles. The van der Waals surface area contributed by atoms with Gasteiger partial charge in [0.05, 0.1) is 22.7 Å². The third kappa shape index (κ3) is 4.62. The van der Waals surface area contributed by atoms with E-state index in [1.54, 1.807) is 12.1 Å². The van der Waals surface area contributed by atoms with E-state index >= 15 is 0 Å². The Morgan fingerprint density at radius 2 is 1.83 bits per heavy atom. The molecule has 1 unspecified atom stereocenters. The molecule has 1 atom stereocenters. The molecule has 0 spiro atoms. The molecule has 1 heterocycles. The molecule has 0 fully saturated rings. The molecule has 3 rings (SSSR count). The summed E-state index contributed by atoms with van der Waals surface area (Å²) in [6.45, 7) is 0.482. The molecule has 0 saturated carbocycles. The number of alkyl halides is 3. The summed E-state index contributed by atoms with van der Waals surface area (Å²) in [7, 11) is 3.69. The third-order valence-electron chi connectivity index (χ3n) is 4.39. The van der Waals surface area contributed by atoms with Gasteiger partial charge in [0.1, 0.15) is 12.1 Å². The molecule has 0 saturated heterocycles. The van der Waals surface area contributed by atoms with Crippen molar-refractivity contribution in [1.82, 2.24) is 14.9 Å². The molecule has 1 aromatic heterocycles. The summed E-state index contributed by atoms with van der Waals surface area (Å²) in [5.41, 5.74) is 0.261. The van der Waals surface area contributed by atoms with Gasteiger partial charge in [0.15, 0.2) is 0 Å². The Labute approximate surface area is 165 Å². The van der Waals surface area contributed by atoms with Crippen molar-refractivity contribution in [1.29, 1.82) is 0 Å². The van der Waals surface area contributed by atoms with Gasteiger partial charge in [0.25, 0.3) is 0 Å². The molecule has 0 radical (unpaired) electrons. The fourth-order valence-electron chi connectivity index (χ4n) is 3.04. The van der Waals surface area contributed by atoms with E-state index < -0.39 is 17.7 Å². The zero-order valence-electron chi connectivity index (χ0n) is 15.7.